The molecule has 1 atom stereocenters. The fraction of sp³-hybridized carbons (Fsp3) is 0.538. The number of halogens is 2. The number of rotatable bonds is 4. The zero-order valence-electron chi connectivity index (χ0n) is 10.3. The molecule has 1 heterocycles. The molecule has 0 saturated carbocycles. The first-order chi connectivity index (χ1) is 8.66. The predicted molar refractivity (Wildman–Crippen MR) is 67.2 cm³/mol. The van der Waals surface area contributed by atoms with Crippen LogP contribution in [0.5, 0.6) is 0 Å². The minimum atomic E-state index is -0.449. The minimum absolute atomic E-state index is 0.269. The van der Waals surface area contributed by atoms with Crippen LogP contribution in [-0.2, 0) is 0 Å². The van der Waals surface area contributed by atoms with Gasteiger partial charge in [-0.15, -0.1) is 0 Å². The quantitative estimate of drug-likeness (QED) is 0.851. The molecule has 1 aromatic carbocycles. The van der Waals surface area contributed by atoms with Crippen LogP contribution in [0.2, 0.25) is 0 Å². The summed E-state index contributed by atoms with van der Waals surface area (Å²) in [4.78, 5) is 2.29. The van der Waals surface area contributed by atoms with Gasteiger partial charge in [0.15, 0.2) is 0 Å². The highest BCUT2D eigenvalue weighted by atomic mass is 19.1. The van der Waals surface area contributed by atoms with E-state index < -0.39 is 17.7 Å². The Morgan fingerprint density at radius 2 is 2.00 bits per heavy atom. The Morgan fingerprint density at radius 3 is 2.72 bits per heavy atom. The largest absolute Gasteiger partial charge is 0.324 e. The first-order valence-electron chi connectivity index (χ1n) is 6.30. The van der Waals surface area contributed by atoms with E-state index in [0.717, 1.165) is 44.9 Å². The average molecular weight is 255 g/mol. The Hall–Kier alpha value is -1.04. The van der Waals surface area contributed by atoms with Gasteiger partial charge in [0, 0.05) is 44.3 Å². The zero-order chi connectivity index (χ0) is 13.0. The molecule has 3 nitrogen and oxygen atoms in total. The molecule has 0 radical (unpaired) electrons. The highest BCUT2D eigenvalue weighted by molar-refractivity contribution is 5.21. The molecule has 18 heavy (non-hydrogen) atoms. The van der Waals surface area contributed by atoms with Crippen LogP contribution in [0, 0.1) is 11.6 Å². The topological polar surface area (TPSA) is 41.3 Å². The third-order valence-corrected chi connectivity index (χ3v) is 3.32. The van der Waals surface area contributed by atoms with Crippen molar-refractivity contribution in [2.75, 3.05) is 32.7 Å². The van der Waals surface area contributed by atoms with E-state index in [1.165, 1.54) is 6.07 Å². The lowest BCUT2D eigenvalue weighted by atomic mass is 10.0. The number of nitrogens with zero attached hydrogens (tertiary/aromatic N) is 1. The van der Waals surface area contributed by atoms with E-state index in [2.05, 4.69) is 10.2 Å². The van der Waals surface area contributed by atoms with Crippen LogP contribution < -0.4 is 11.1 Å². The SMILES string of the molecule is NC(CCN1CCNCC1)c1cc(F)ccc1F. The molecule has 1 saturated heterocycles. The number of piperazine rings is 1. The van der Waals surface area contributed by atoms with Crippen LogP contribution in [0.1, 0.15) is 18.0 Å². The highest BCUT2D eigenvalue weighted by Crippen LogP contribution is 2.19. The van der Waals surface area contributed by atoms with Crippen molar-refractivity contribution < 1.29 is 8.78 Å². The molecule has 0 aromatic heterocycles. The molecule has 100 valence electrons. The zero-order valence-corrected chi connectivity index (χ0v) is 10.3. The van der Waals surface area contributed by atoms with Crippen molar-refractivity contribution in [3.05, 3.63) is 35.4 Å². The standard InChI is InChI=1S/C13H19F2N3/c14-10-1-2-12(15)11(9-10)13(16)3-6-18-7-4-17-5-8-18/h1-2,9,13,17H,3-8,16H2. The summed E-state index contributed by atoms with van der Waals surface area (Å²) in [5, 5.41) is 3.27. The molecule has 5 heteroatoms. The second-order valence-corrected chi connectivity index (χ2v) is 4.65. The number of nitrogens with one attached hydrogen (secondary N) is 1. The van der Waals surface area contributed by atoms with Crippen molar-refractivity contribution in [2.24, 2.45) is 5.73 Å². The lowest BCUT2D eigenvalue weighted by Crippen LogP contribution is -2.44. The summed E-state index contributed by atoms with van der Waals surface area (Å²) in [7, 11) is 0. The molecular formula is C13H19F2N3. The second-order valence-electron chi connectivity index (χ2n) is 4.65. The Bertz CT molecular complexity index is 392. The van der Waals surface area contributed by atoms with E-state index in [0.29, 0.717) is 6.42 Å². The van der Waals surface area contributed by atoms with Gasteiger partial charge < -0.3 is 16.0 Å². The molecule has 2 rings (SSSR count). The lowest BCUT2D eigenvalue weighted by Gasteiger charge is -2.28. The van der Waals surface area contributed by atoms with Gasteiger partial charge >= 0.3 is 0 Å². The van der Waals surface area contributed by atoms with Crippen LogP contribution in [-0.4, -0.2) is 37.6 Å². The molecular weight excluding hydrogens is 236 g/mol. The summed E-state index contributed by atoms with van der Waals surface area (Å²) in [6.45, 7) is 4.74. The molecule has 0 amide bonds. The monoisotopic (exact) mass is 255 g/mol. The van der Waals surface area contributed by atoms with Crippen molar-refractivity contribution in [2.45, 2.75) is 12.5 Å². The molecule has 1 unspecified atom stereocenters. The van der Waals surface area contributed by atoms with Gasteiger partial charge in [-0.1, -0.05) is 0 Å². The van der Waals surface area contributed by atoms with Gasteiger partial charge in [0.25, 0.3) is 0 Å². The van der Waals surface area contributed by atoms with Gasteiger partial charge in [-0.2, -0.15) is 0 Å². The number of nitrogens with two attached hydrogens (primary N) is 1. The molecule has 1 fully saturated rings. The highest BCUT2D eigenvalue weighted by Gasteiger charge is 2.15. The van der Waals surface area contributed by atoms with E-state index >= 15 is 0 Å². The third-order valence-electron chi connectivity index (χ3n) is 3.32. The molecule has 0 aliphatic carbocycles. The van der Waals surface area contributed by atoms with Crippen molar-refractivity contribution in [1.29, 1.82) is 0 Å². The maximum atomic E-state index is 13.5. The average Bonchev–Trinajstić information content (AvgIpc) is 2.40. The Kier molecular flexibility index (Phi) is 4.63. The predicted octanol–water partition coefficient (Wildman–Crippen LogP) is 1.26. The van der Waals surface area contributed by atoms with E-state index in [1.54, 1.807) is 0 Å². The normalized spacial score (nSPS) is 18.8. The molecule has 1 aromatic rings. The van der Waals surface area contributed by atoms with Crippen LogP contribution in [0.25, 0.3) is 0 Å². The summed E-state index contributed by atoms with van der Waals surface area (Å²) >= 11 is 0. The Balaban J connectivity index is 1.90. The first-order valence-corrected chi connectivity index (χ1v) is 6.30. The van der Waals surface area contributed by atoms with E-state index in [1.807, 2.05) is 0 Å². The maximum Gasteiger partial charge on any atom is 0.128 e. The van der Waals surface area contributed by atoms with Gasteiger partial charge in [0.05, 0.1) is 0 Å². The van der Waals surface area contributed by atoms with Gasteiger partial charge in [0.2, 0.25) is 0 Å². The van der Waals surface area contributed by atoms with E-state index in [9.17, 15) is 8.78 Å². The van der Waals surface area contributed by atoms with E-state index in [-0.39, 0.29) is 5.56 Å². The number of hydrogen-bond donors (Lipinski definition) is 2. The molecule has 1 aliphatic heterocycles. The summed E-state index contributed by atoms with van der Waals surface area (Å²) in [5.41, 5.74) is 6.20. The smallest absolute Gasteiger partial charge is 0.128 e. The lowest BCUT2D eigenvalue weighted by molar-refractivity contribution is 0.232. The molecule has 0 bridgehead atoms. The second kappa shape index (κ2) is 6.22. The number of benzene rings is 1. The maximum absolute atomic E-state index is 13.5. The summed E-state index contributed by atoms with van der Waals surface area (Å²) < 4.78 is 26.6. The summed E-state index contributed by atoms with van der Waals surface area (Å²) in [5.74, 6) is -0.867. The van der Waals surface area contributed by atoms with Crippen molar-refractivity contribution >= 4 is 0 Å². The van der Waals surface area contributed by atoms with Crippen molar-refractivity contribution in [3.63, 3.8) is 0 Å². The number of hydrogen-bond acceptors (Lipinski definition) is 3. The van der Waals surface area contributed by atoms with Crippen LogP contribution in [0.4, 0.5) is 8.78 Å². The van der Waals surface area contributed by atoms with Gasteiger partial charge in [-0.05, 0) is 24.6 Å². The van der Waals surface area contributed by atoms with Gasteiger partial charge in [-0.3, -0.25) is 0 Å². The molecule has 1 aliphatic rings. The minimum Gasteiger partial charge on any atom is -0.324 e. The van der Waals surface area contributed by atoms with Crippen LogP contribution >= 0.6 is 0 Å². The van der Waals surface area contributed by atoms with Crippen molar-refractivity contribution in [3.8, 4) is 0 Å². The fourth-order valence-electron chi connectivity index (χ4n) is 2.21. The third kappa shape index (κ3) is 3.48. The summed E-state index contributed by atoms with van der Waals surface area (Å²) in [6, 6.07) is 2.99. The molecule has 3 N–H and O–H groups in total. The Morgan fingerprint density at radius 1 is 1.28 bits per heavy atom. The van der Waals surface area contributed by atoms with E-state index in [4.69, 9.17) is 5.73 Å². The van der Waals surface area contributed by atoms with Crippen molar-refractivity contribution in [1.82, 2.24) is 10.2 Å². The van der Waals surface area contributed by atoms with Gasteiger partial charge in [0.1, 0.15) is 11.6 Å². The summed E-state index contributed by atoms with van der Waals surface area (Å²) in [6.07, 6.45) is 0.639. The van der Waals surface area contributed by atoms with Crippen LogP contribution in [0.3, 0.4) is 0 Å². The van der Waals surface area contributed by atoms with Gasteiger partial charge in [-0.25, -0.2) is 8.78 Å². The Labute approximate surface area is 106 Å². The first kappa shape index (κ1) is 13.4. The fourth-order valence-corrected chi connectivity index (χ4v) is 2.21. The molecule has 0 spiro atoms. The van der Waals surface area contributed by atoms with Crippen LogP contribution in [0.15, 0.2) is 18.2 Å².